The lowest BCUT2D eigenvalue weighted by atomic mass is 10.2. The molecule has 0 bridgehead atoms. The van der Waals surface area contributed by atoms with E-state index in [1.807, 2.05) is 6.92 Å². The number of carbonyl (C=O) groups is 1. The van der Waals surface area contributed by atoms with Crippen LogP contribution in [0.4, 0.5) is 0 Å². The van der Waals surface area contributed by atoms with Gasteiger partial charge in [-0.1, -0.05) is 6.92 Å². The number of hydrogen-bond donors (Lipinski definition) is 0. The van der Waals surface area contributed by atoms with Gasteiger partial charge in [-0.2, -0.15) is 0 Å². The number of rotatable bonds is 6. The predicted octanol–water partition coefficient (Wildman–Crippen LogP) is 2.79. The Hall–Kier alpha value is -1.89. The molecule has 0 saturated carbocycles. The molecule has 0 aliphatic rings. The van der Waals surface area contributed by atoms with Gasteiger partial charge in [0.25, 0.3) is 5.89 Å². The lowest BCUT2D eigenvalue weighted by Crippen LogP contribution is -2.00. The van der Waals surface area contributed by atoms with Crippen molar-refractivity contribution in [3.05, 3.63) is 34.0 Å². The Bertz CT molecular complexity index is 612. The van der Waals surface area contributed by atoms with Crippen molar-refractivity contribution in [2.75, 3.05) is 7.11 Å². The van der Waals surface area contributed by atoms with E-state index in [-0.39, 0.29) is 6.61 Å². The van der Waals surface area contributed by atoms with Crippen molar-refractivity contribution in [3.8, 4) is 11.5 Å². The van der Waals surface area contributed by atoms with Gasteiger partial charge in [0.15, 0.2) is 18.1 Å². The van der Waals surface area contributed by atoms with Crippen LogP contribution in [0, 0.1) is 0 Å². The van der Waals surface area contributed by atoms with Crippen molar-refractivity contribution in [3.63, 3.8) is 0 Å². The second-order valence-corrected chi connectivity index (χ2v) is 4.74. The average Bonchev–Trinajstić information content (AvgIpc) is 2.93. The Morgan fingerprint density at radius 3 is 2.70 bits per heavy atom. The normalized spacial score (nSPS) is 10.3. The summed E-state index contributed by atoms with van der Waals surface area (Å²) in [6.07, 6.45) is 1.41. The van der Waals surface area contributed by atoms with Gasteiger partial charge in [0.05, 0.1) is 11.6 Å². The van der Waals surface area contributed by atoms with Crippen molar-refractivity contribution >= 4 is 22.2 Å². The molecule has 0 atom stereocenters. The van der Waals surface area contributed by atoms with E-state index in [0.717, 1.165) is 6.29 Å². The molecule has 0 aliphatic heterocycles. The van der Waals surface area contributed by atoms with Gasteiger partial charge < -0.3 is 13.9 Å². The highest BCUT2D eigenvalue weighted by atomic mass is 79.9. The predicted molar refractivity (Wildman–Crippen MR) is 74.1 cm³/mol. The Morgan fingerprint density at radius 2 is 2.10 bits per heavy atom. The molecule has 0 aliphatic carbocycles. The number of methoxy groups -OCH3 is 1. The molecular formula is C13H13BrN2O4. The number of halogens is 1. The summed E-state index contributed by atoms with van der Waals surface area (Å²) in [6, 6.07) is 3.24. The summed E-state index contributed by atoms with van der Waals surface area (Å²) in [5, 5.41) is 7.72. The van der Waals surface area contributed by atoms with E-state index in [1.54, 1.807) is 12.1 Å². The molecule has 20 heavy (non-hydrogen) atoms. The Kier molecular flexibility index (Phi) is 4.73. The van der Waals surface area contributed by atoms with Crippen LogP contribution in [-0.4, -0.2) is 23.6 Å². The molecule has 0 radical (unpaired) electrons. The molecule has 0 unspecified atom stereocenters. The maximum Gasteiger partial charge on any atom is 0.253 e. The molecule has 1 aromatic heterocycles. The van der Waals surface area contributed by atoms with Crippen LogP contribution in [0.2, 0.25) is 0 Å². The maximum absolute atomic E-state index is 10.8. The summed E-state index contributed by atoms with van der Waals surface area (Å²) in [6.45, 7) is 2.05. The lowest BCUT2D eigenvalue weighted by molar-refractivity contribution is 0.112. The molecule has 0 amide bonds. The third kappa shape index (κ3) is 3.16. The van der Waals surface area contributed by atoms with Crippen molar-refractivity contribution in [1.82, 2.24) is 10.2 Å². The van der Waals surface area contributed by atoms with Crippen molar-refractivity contribution in [2.45, 2.75) is 20.0 Å². The fourth-order valence-corrected chi connectivity index (χ4v) is 2.15. The first-order valence-corrected chi connectivity index (χ1v) is 6.74. The number of aryl methyl sites for hydroxylation is 1. The lowest BCUT2D eigenvalue weighted by Gasteiger charge is -2.11. The zero-order valence-electron chi connectivity index (χ0n) is 11.1. The van der Waals surface area contributed by atoms with Gasteiger partial charge in [0, 0.05) is 12.0 Å². The third-order valence-corrected chi connectivity index (χ3v) is 3.13. The number of ether oxygens (including phenoxy) is 2. The topological polar surface area (TPSA) is 74.5 Å². The molecule has 7 heteroatoms. The minimum absolute atomic E-state index is 0.127. The maximum atomic E-state index is 10.8. The van der Waals surface area contributed by atoms with E-state index in [1.165, 1.54) is 7.11 Å². The molecule has 1 heterocycles. The van der Waals surface area contributed by atoms with Gasteiger partial charge in [-0.25, -0.2) is 0 Å². The number of carbonyl (C=O) groups excluding carboxylic acids is 1. The number of hydrogen-bond acceptors (Lipinski definition) is 6. The van der Waals surface area contributed by atoms with Crippen LogP contribution < -0.4 is 9.47 Å². The van der Waals surface area contributed by atoms with Gasteiger partial charge in [0.1, 0.15) is 6.29 Å². The first-order valence-electron chi connectivity index (χ1n) is 5.94. The third-order valence-electron chi connectivity index (χ3n) is 2.54. The number of aldehydes is 1. The van der Waals surface area contributed by atoms with Gasteiger partial charge in [-0.3, -0.25) is 4.79 Å². The highest BCUT2D eigenvalue weighted by Crippen LogP contribution is 2.36. The average molecular weight is 341 g/mol. The molecule has 106 valence electrons. The first-order chi connectivity index (χ1) is 9.67. The summed E-state index contributed by atoms with van der Waals surface area (Å²) in [5.41, 5.74) is 0.493. The number of aromatic nitrogens is 2. The monoisotopic (exact) mass is 340 g/mol. The van der Waals surface area contributed by atoms with E-state index in [9.17, 15) is 4.79 Å². The first kappa shape index (κ1) is 14.5. The fraction of sp³-hybridized carbons (Fsp3) is 0.308. The SMILES string of the molecule is CCc1nnc(COc2c(Br)cc(C=O)cc2OC)o1. The van der Waals surface area contributed by atoms with Crippen LogP contribution in [0.3, 0.4) is 0 Å². The molecule has 2 rings (SSSR count). The van der Waals surface area contributed by atoms with Crippen molar-refractivity contribution < 1.29 is 18.7 Å². The van der Waals surface area contributed by atoms with Gasteiger partial charge in [-0.15, -0.1) is 10.2 Å². The number of nitrogens with zero attached hydrogens (tertiary/aromatic N) is 2. The summed E-state index contributed by atoms with van der Waals surface area (Å²) in [7, 11) is 1.51. The Balaban J connectivity index is 2.18. The minimum atomic E-state index is 0.127. The summed E-state index contributed by atoms with van der Waals surface area (Å²) in [5.74, 6) is 1.88. The van der Waals surface area contributed by atoms with E-state index >= 15 is 0 Å². The fourth-order valence-electron chi connectivity index (χ4n) is 1.57. The smallest absolute Gasteiger partial charge is 0.253 e. The molecule has 0 fully saturated rings. The second-order valence-electron chi connectivity index (χ2n) is 3.88. The van der Waals surface area contributed by atoms with Crippen LogP contribution in [0.5, 0.6) is 11.5 Å². The van der Waals surface area contributed by atoms with Gasteiger partial charge in [-0.05, 0) is 28.1 Å². The van der Waals surface area contributed by atoms with E-state index < -0.39 is 0 Å². The van der Waals surface area contributed by atoms with Crippen LogP contribution in [0.25, 0.3) is 0 Å². The van der Waals surface area contributed by atoms with Crippen molar-refractivity contribution in [1.29, 1.82) is 0 Å². The van der Waals surface area contributed by atoms with Crippen molar-refractivity contribution in [2.24, 2.45) is 0 Å². The van der Waals surface area contributed by atoms with Gasteiger partial charge in [0.2, 0.25) is 5.89 Å². The van der Waals surface area contributed by atoms with E-state index in [4.69, 9.17) is 13.9 Å². The molecule has 0 spiro atoms. The molecule has 2 aromatic rings. The quantitative estimate of drug-likeness (QED) is 0.752. The molecule has 0 N–H and O–H groups in total. The molecular weight excluding hydrogens is 328 g/mol. The van der Waals surface area contributed by atoms with Crippen LogP contribution in [-0.2, 0) is 13.0 Å². The zero-order valence-corrected chi connectivity index (χ0v) is 12.6. The van der Waals surface area contributed by atoms with Gasteiger partial charge >= 0.3 is 0 Å². The largest absolute Gasteiger partial charge is 0.493 e. The summed E-state index contributed by atoms with van der Waals surface area (Å²) < 4.78 is 16.8. The standard InChI is InChI=1S/C13H13BrN2O4/c1-3-11-15-16-12(20-11)7-19-13-9(14)4-8(6-17)5-10(13)18-2/h4-6H,3,7H2,1-2H3. The summed E-state index contributed by atoms with van der Waals surface area (Å²) >= 11 is 3.34. The second kappa shape index (κ2) is 6.51. The minimum Gasteiger partial charge on any atom is -0.493 e. The summed E-state index contributed by atoms with van der Waals surface area (Å²) in [4.78, 5) is 10.8. The van der Waals surface area contributed by atoms with Crippen LogP contribution >= 0.6 is 15.9 Å². The highest BCUT2D eigenvalue weighted by Gasteiger charge is 2.13. The molecule has 6 nitrogen and oxygen atoms in total. The zero-order chi connectivity index (χ0) is 14.5. The Labute approximate surface area is 124 Å². The van der Waals surface area contributed by atoms with Crippen LogP contribution in [0.15, 0.2) is 21.0 Å². The number of benzene rings is 1. The van der Waals surface area contributed by atoms with Crippen LogP contribution in [0.1, 0.15) is 29.1 Å². The highest BCUT2D eigenvalue weighted by molar-refractivity contribution is 9.10. The Morgan fingerprint density at radius 1 is 1.35 bits per heavy atom. The van der Waals surface area contributed by atoms with E-state index in [0.29, 0.717) is 39.7 Å². The molecule has 1 aromatic carbocycles. The van der Waals surface area contributed by atoms with E-state index in [2.05, 4.69) is 26.1 Å². The molecule has 0 saturated heterocycles.